The van der Waals surface area contributed by atoms with Crippen LogP contribution in [0.2, 0.25) is 0 Å². The number of carbonyl (C=O) groups is 2. The quantitative estimate of drug-likeness (QED) is 0.530. The van der Waals surface area contributed by atoms with Gasteiger partial charge < -0.3 is 16.0 Å². The van der Waals surface area contributed by atoms with E-state index in [1.54, 1.807) is 4.90 Å². The summed E-state index contributed by atoms with van der Waals surface area (Å²) in [6.45, 7) is 0.339. The first-order valence-electron chi connectivity index (χ1n) is 10.9. The molecule has 4 N–H and O–H groups in total. The summed E-state index contributed by atoms with van der Waals surface area (Å²) in [4.78, 5) is 33.1. The normalized spacial score (nSPS) is 15.1. The summed E-state index contributed by atoms with van der Waals surface area (Å²) in [5, 5.41) is 9.58. The van der Waals surface area contributed by atoms with E-state index in [-0.39, 0.29) is 24.2 Å². The van der Waals surface area contributed by atoms with E-state index in [2.05, 4.69) is 20.5 Å². The van der Waals surface area contributed by atoms with E-state index in [0.717, 1.165) is 30.5 Å². The van der Waals surface area contributed by atoms with Crippen LogP contribution in [0.4, 0.5) is 11.6 Å². The molecule has 32 heavy (non-hydrogen) atoms. The van der Waals surface area contributed by atoms with E-state index >= 15 is 0 Å². The first-order valence-corrected chi connectivity index (χ1v) is 10.9. The zero-order chi connectivity index (χ0) is 22.4. The molecule has 1 aliphatic carbocycles. The van der Waals surface area contributed by atoms with Crippen molar-refractivity contribution in [2.45, 2.75) is 50.6 Å². The fourth-order valence-corrected chi connectivity index (χ4v) is 4.40. The number of nitrogens with one attached hydrogen (secondary N) is 2. The summed E-state index contributed by atoms with van der Waals surface area (Å²) in [7, 11) is 0. The number of H-pyrrole nitrogens is 1. The number of rotatable bonds is 7. The second-order valence-electron chi connectivity index (χ2n) is 8.19. The number of nitrogens with two attached hydrogens (primary N) is 1. The Bertz CT molecular complexity index is 1040. The highest BCUT2D eigenvalue weighted by Crippen LogP contribution is 2.36. The highest BCUT2D eigenvalue weighted by molar-refractivity contribution is 6.00. The molecule has 1 heterocycles. The highest BCUT2D eigenvalue weighted by atomic mass is 16.2. The number of carbonyl (C=O) groups excluding carboxylic acids is 2. The molecule has 1 aliphatic rings. The predicted molar refractivity (Wildman–Crippen MR) is 122 cm³/mol. The molecule has 8 heteroatoms. The first kappa shape index (κ1) is 21.5. The van der Waals surface area contributed by atoms with Crippen LogP contribution in [-0.4, -0.2) is 37.4 Å². The van der Waals surface area contributed by atoms with Gasteiger partial charge in [-0.05, 0) is 30.5 Å². The van der Waals surface area contributed by atoms with Crippen molar-refractivity contribution in [2.24, 2.45) is 0 Å². The lowest BCUT2D eigenvalue weighted by Gasteiger charge is -2.45. The second-order valence-corrected chi connectivity index (χ2v) is 8.19. The van der Waals surface area contributed by atoms with Gasteiger partial charge in [0.25, 0.3) is 0 Å². The van der Waals surface area contributed by atoms with Crippen LogP contribution in [0.25, 0.3) is 0 Å². The van der Waals surface area contributed by atoms with Gasteiger partial charge in [0, 0.05) is 12.2 Å². The third-order valence-corrected chi connectivity index (χ3v) is 6.00. The van der Waals surface area contributed by atoms with Gasteiger partial charge in [0.2, 0.25) is 17.8 Å². The number of amides is 2. The Morgan fingerprint density at radius 3 is 2.28 bits per heavy atom. The van der Waals surface area contributed by atoms with Gasteiger partial charge in [-0.15, -0.1) is 5.10 Å². The van der Waals surface area contributed by atoms with Crippen molar-refractivity contribution in [3.05, 3.63) is 72.1 Å². The van der Waals surface area contributed by atoms with Crippen molar-refractivity contribution >= 4 is 23.5 Å². The maximum atomic E-state index is 13.7. The third-order valence-electron chi connectivity index (χ3n) is 6.00. The van der Waals surface area contributed by atoms with E-state index in [1.165, 1.54) is 0 Å². The minimum atomic E-state index is -0.938. The molecule has 4 rings (SSSR count). The van der Waals surface area contributed by atoms with Crippen LogP contribution < -0.4 is 11.1 Å². The molecular formula is C24H28N6O2. The van der Waals surface area contributed by atoms with Gasteiger partial charge >= 0.3 is 0 Å². The molecule has 0 bridgehead atoms. The average molecular weight is 433 g/mol. The summed E-state index contributed by atoms with van der Waals surface area (Å²) < 4.78 is 0. The van der Waals surface area contributed by atoms with Crippen LogP contribution in [-0.2, 0) is 22.6 Å². The van der Waals surface area contributed by atoms with E-state index in [0.29, 0.717) is 25.2 Å². The van der Waals surface area contributed by atoms with Crippen LogP contribution in [0.3, 0.4) is 0 Å². The molecule has 0 aliphatic heterocycles. The maximum Gasteiger partial charge on any atom is 0.250 e. The molecule has 1 aromatic heterocycles. The third kappa shape index (κ3) is 4.80. The minimum absolute atomic E-state index is 0.00258. The summed E-state index contributed by atoms with van der Waals surface area (Å²) in [5.41, 5.74) is 6.36. The van der Waals surface area contributed by atoms with Gasteiger partial charge in [-0.25, -0.2) is 0 Å². The molecular weight excluding hydrogens is 404 g/mol. The van der Waals surface area contributed by atoms with Crippen molar-refractivity contribution in [2.75, 3.05) is 11.1 Å². The Morgan fingerprint density at radius 1 is 1.00 bits per heavy atom. The summed E-state index contributed by atoms with van der Waals surface area (Å²) in [5.74, 6) is 0.150. The number of anilines is 2. The molecule has 0 spiro atoms. The van der Waals surface area contributed by atoms with Crippen molar-refractivity contribution in [3.63, 3.8) is 0 Å². The van der Waals surface area contributed by atoms with E-state index in [1.807, 2.05) is 60.7 Å². The van der Waals surface area contributed by atoms with E-state index in [9.17, 15) is 9.59 Å². The topological polar surface area (TPSA) is 117 Å². The van der Waals surface area contributed by atoms with Crippen LogP contribution in [0.5, 0.6) is 0 Å². The summed E-state index contributed by atoms with van der Waals surface area (Å²) in [6, 6.07) is 19.1. The molecule has 1 saturated carbocycles. The largest absolute Gasteiger partial charge is 0.367 e. The number of aromatic nitrogens is 3. The Hall–Kier alpha value is -3.68. The van der Waals surface area contributed by atoms with Crippen LogP contribution in [0.15, 0.2) is 60.7 Å². The van der Waals surface area contributed by atoms with Gasteiger partial charge in [-0.1, -0.05) is 67.8 Å². The molecule has 2 amide bonds. The SMILES string of the molecule is Nc1n[nH]c(CC(=O)N(Cc2ccccc2)C2(C(=O)Nc3ccccc3)CCCCC2)n1. The number of nitrogens with zero attached hydrogens (tertiary/aromatic N) is 3. The monoisotopic (exact) mass is 432 g/mol. The second kappa shape index (κ2) is 9.64. The van der Waals surface area contributed by atoms with Crippen LogP contribution in [0, 0.1) is 0 Å². The summed E-state index contributed by atoms with van der Waals surface area (Å²) >= 11 is 0. The maximum absolute atomic E-state index is 13.7. The van der Waals surface area contributed by atoms with E-state index < -0.39 is 5.54 Å². The molecule has 0 unspecified atom stereocenters. The zero-order valence-corrected chi connectivity index (χ0v) is 18.0. The number of aromatic amines is 1. The predicted octanol–water partition coefficient (Wildman–Crippen LogP) is 3.30. The Balaban J connectivity index is 1.68. The van der Waals surface area contributed by atoms with Crippen molar-refractivity contribution < 1.29 is 9.59 Å². The highest BCUT2D eigenvalue weighted by Gasteiger charge is 2.47. The first-order chi connectivity index (χ1) is 15.6. The number of para-hydroxylation sites is 1. The standard InChI is InChI=1S/C24H28N6O2/c25-23-27-20(28-29-23)16-21(31)30(17-18-10-4-1-5-11-18)24(14-8-3-9-15-24)22(32)26-19-12-6-2-7-13-19/h1-2,4-7,10-13H,3,8-9,14-17H2,(H,26,32)(H3,25,27,28,29). The summed E-state index contributed by atoms with van der Waals surface area (Å²) in [6.07, 6.45) is 4.04. The molecule has 166 valence electrons. The van der Waals surface area contributed by atoms with Crippen LogP contribution in [0.1, 0.15) is 43.5 Å². The number of hydrogen-bond acceptors (Lipinski definition) is 5. The van der Waals surface area contributed by atoms with Crippen molar-refractivity contribution in [3.8, 4) is 0 Å². The van der Waals surface area contributed by atoms with Crippen molar-refractivity contribution in [1.29, 1.82) is 0 Å². The molecule has 3 aromatic rings. The smallest absolute Gasteiger partial charge is 0.250 e. The minimum Gasteiger partial charge on any atom is -0.367 e. The lowest BCUT2D eigenvalue weighted by atomic mass is 9.78. The molecule has 8 nitrogen and oxygen atoms in total. The lowest BCUT2D eigenvalue weighted by Crippen LogP contribution is -2.60. The molecule has 1 fully saturated rings. The molecule has 0 radical (unpaired) electrons. The Morgan fingerprint density at radius 2 is 1.66 bits per heavy atom. The number of hydrogen-bond donors (Lipinski definition) is 3. The van der Waals surface area contributed by atoms with E-state index in [4.69, 9.17) is 5.73 Å². The van der Waals surface area contributed by atoms with Gasteiger partial charge in [0.05, 0.1) is 6.42 Å². The fourth-order valence-electron chi connectivity index (χ4n) is 4.40. The molecule has 2 aromatic carbocycles. The van der Waals surface area contributed by atoms with Gasteiger partial charge in [0.1, 0.15) is 11.4 Å². The Labute approximate surface area is 187 Å². The van der Waals surface area contributed by atoms with Gasteiger partial charge in [0.15, 0.2) is 0 Å². The number of benzene rings is 2. The lowest BCUT2D eigenvalue weighted by molar-refractivity contribution is -0.148. The fraction of sp³-hybridized carbons (Fsp3) is 0.333. The molecule has 0 atom stereocenters. The number of nitrogen functional groups attached to an aromatic ring is 1. The van der Waals surface area contributed by atoms with Crippen molar-refractivity contribution in [1.82, 2.24) is 20.1 Å². The Kier molecular flexibility index (Phi) is 6.49. The van der Waals surface area contributed by atoms with Crippen LogP contribution >= 0.6 is 0 Å². The average Bonchev–Trinajstić information content (AvgIpc) is 3.23. The zero-order valence-electron chi connectivity index (χ0n) is 18.0. The van der Waals surface area contributed by atoms with Gasteiger partial charge in [-0.3, -0.25) is 14.7 Å². The van der Waals surface area contributed by atoms with Gasteiger partial charge in [-0.2, -0.15) is 4.98 Å². The molecule has 0 saturated heterocycles.